The van der Waals surface area contributed by atoms with Crippen LogP contribution in [0.3, 0.4) is 0 Å². The van der Waals surface area contributed by atoms with Crippen LogP contribution in [0.5, 0.6) is 0 Å². The molecule has 2 rings (SSSR count). The van der Waals surface area contributed by atoms with Gasteiger partial charge in [0, 0.05) is 0 Å². The molecular formula is C12H14N2O3. The van der Waals surface area contributed by atoms with Crippen molar-refractivity contribution in [3.05, 3.63) is 23.8 Å². The molecule has 0 aliphatic carbocycles. The molecule has 5 nitrogen and oxygen atoms in total. The Morgan fingerprint density at radius 1 is 1.47 bits per heavy atom. The predicted octanol–water partition coefficient (Wildman–Crippen LogP) is 2.41. The minimum absolute atomic E-state index is 0.224. The Bertz CT molecular complexity index is 572. The van der Waals surface area contributed by atoms with Crippen LogP contribution in [0, 0.1) is 6.92 Å². The summed E-state index contributed by atoms with van der Waals surface area (Å²) in [5, 5.41) is 11.8. The minimum Gasteiger partial charge on any atom is -0.480 e. The van der Waals surface area contributed by atoms with Crippen LogP contribution in [0.2, 0.25) is 0 Å². The van der Waals surface area contributed by atoms with E-state index in [0.717, 1.165) is 5.56 Å². The highest BCUT2D eigenvalue weighted by molar-refractivity contribution is 5.82. The molecule has 0 amide bonds. The number of rotatable bonds is 3. The van der Waals surface area contributed by atoms with E-state index in [0.29, 0.717) is 11.1 Å². The standard InChI is InChI=1S/C12H14N2O3/c1-7-5-4-6-8-9(7)17-11(13-8)14-12(2,3)10(15)16/h4-6H,1-3H3,(H,13,14)(H,15,16). The molecule has 17 heavy (non-hydrogen) atoms. The van der Waals surface area contributed by atoms with Crippen molar-refractivity contribution in [2.45, 2.75) is 26.3 Å². The number of carboxylic acids is 1. The van der Waals surface area contributed by atoms with Crippen LogP contribution in [-0.2, 0) is 4.79 Å². The molecule has 0 bridgehead atoms. The molecule has 5 heteroatoms. The number of anilines is 1. The SMILES string of the molecule is Cc1cccc2nc(NC(C)(C)C(=O)O)oc12. The second-order valence-corrected chi connectivity index (χ2v) is 4.50. The smallest absolute Gasteiger partial charge is 0.328 e. The summed E-state index contributed by atoms with van der Waals surface area (Å²) in [6.07, 6.45) is 0. The van der Waals surface area contributed by atoms with Crippen LogP contribution in [-0.4, -0.2) is 21.6 Å². The summed E-state index contributed by atoms with van der Waals surface area (Å²) < 4.78 is 5.50. The van der Waals surface area contributed by atoms with Crippen molar-refractivity contribution in [2.75, 3.05) is 5.32 Å². The van der Waals surface area contributed by atoms with Gasteiger partial charge in [0.15, 0.2) is 5.58 Å². The second kappa shape index (κ2) is 3.76. The summed E-state index contributed by atoms with van der Waals surface area (Å²) in [5.74, 6) is -0.962. The van der Waals surface area contributed by atoms with Gasteiger partial charge in [-0.25, -0.2) is 4.79 Å². The number of aryl methyl sites for hydroxylation is 1. The fraction of sp³-hybridized carbons (Fsp3) is 0.333. The molecule has 0 spiro atoms. The average molecular weight is 234 g/mol. The average Bonchev–Trinajstić information content (AvgIpc) is 2.60. The van der Waals surface area contributed by atoms with Crippen molar-refractivity contribution >= 4 is 23.1 Å². The highest BCUT2D eigenvalue weighted by Gasteiger charge is 2.28. The number of hydrogen-bond donors (Lipinski definition) is 2. The lowest BCUT2D eigenvalue weighted by atomic mass is 10.1. The van der Waals surface area contributed by atoms with Crippen LogP contribution < -0.4 is 5.32 Å². The molecule has 0 aliphatic rings. The zero-order valence-electron chi connectivity index (χ0n) is 9.94. The van der Waals surface area contributed by atoms with Gasteiger partial charge in [0.2, 0.25) is 0 Å². The molecule has 2 N–H and O–H groups in total. The number of hydrogen-bond acceptors (Lipinski definition) is 4. The zero-order chi connectivity index (χ0) is 12.6. The molecule has 90 valence electrons. The highest BCUT2D eigenvalue weighted by Crippen LogP contribution is 2.23. The molecular weight excluding hydrogens is 220 g/mol. The number of carbonyl (C=O) groups is 1. The monoisotopic (exact) mass is 234 g/mol. The van der Waals surface area contributed by atoms with Gasteiger partial charge in [0.05, 0.1) is 0 Å². The molecule has 0 aliphatic heterocycles. The molecule has 1 aromatic heterocycles. The summed E-state index contributed by atoms with van der Waals surface area (Å²) in [5.41, 5.74) is 1.25. The van der Waals surface area contributed by atoms with E-state index in [4.69, 9.17) is 9.52 Å². The first kappa shape index (κ1) is 11.4. The molecule has 1 heterocycles. The minimum atomic E-state index is -1.12. The van der Waals surface area contributed by atoms with Crippen molar-refractivity contribution in [3.63, 3.8) is 0 Å². The Hall–Kier alpha value is -2.04. The number of oxazole rings is 1. The molecule has 2 aromatic rings. The van der Waals surface area contributed by atoms with Gasteiger partial charge < -0.3 is 14.8 Å². The molecule has 0 atom stereocenters. The number of aromatic nitrogens is 1. The molecule has 0 saturated carbocycles. The summed E-state index contributed by atoms with van der Waals surface area (Å²) in [7, 11) is 0. The number of benzene rings is 1. The summed E-state index contributed by atoms with van der Waals surface area (Å²) in [6.45, 7) is 5.02. The Labute approximate surface area is 98.5 Å². The van der Waals surface area contributed by atoms with E-state index in [1.807, 2.05) is 25.1 Å². The van der Waals surface area contributed by atoms with Crippen molar-refractivity contribution in [2.24, 2.45) is 0 Å². The molecule has 0 fully saturated rings. The van der Waals surface area contributed by atoms with Gasteiger partial charge in [-0.15, -0.1) is 0 Å². The number of aliphatic carboxylic acids is 1. The van der Waals surface area contributed by atoms with E-state index in [9.17, 15) is 4.79 Å². The lowest BCUT2D eigenvalue weighted by molar-refractivity contribution is -0.141. The number of fused-ring (bicyclic) bond motifs is 1. The lowest BCUT2D eigenvalue weighted by Crippen LogP contribution is -2.40. The second-order valence-electron chi connectivity index (χ2n) is 4.50. The topological polar surface area (TPSA) is 75.4 Å². The molecule has 0 radical (unpaired) electrons. The van der Waals surface area contributed by atoms with Gasteiger partial charge in [0.1, 0.15) is 11.1 Å². The van der Waals surface area contributed by atoms with Crippen LogP contribution in [0.4, 0.5) is 6.01 Å². The quantitative estimate of drug-likeness (QED) is 0.852. The van der Waals surface area contributed by atoms with Gasteiger partial charge in [-0.3, -0.25) is 0 Å². The molecule has 1 aromatic carbocycles. The van der Waals surface area contributed by atoms with E-state index in [-0.39, 0.29) is 6.01 Å². The number of nitrogens with zero attached hydrogens (tertiary/aromatic N) is 1. The first-order chi connectivity index (χ1) is 7.90. The normalized spacial score (nSPS) is 11.7. The Balaban J connectivity index is 2.38. The largest absolute Gasteiger partial charge is 0.480 e. The number of nitrogens with one attached hydrogen (secondary N) is 1. The van der Waals surface area contributed by atoms with Crippen LogP contribution in [0.15, 0.2) is 22.6 Å². The third kappa shape index (κ3) is 2.08. The predicted molar refractivity (Wildman–Crippen MR) is 64.1 cm³/mol. The van der Waals surface area contributed by atoms with E-state index in [1.54, 1.807) is 13.8 Å². The molecule has 0 unspecified atom stereocenters. The first-order valence-corrected chi connectivity index (χ1v) is 5.28. The maximum atomic E-state index is 11.0. The molecule has 0 saturated heterocycles. The zero-order valence-corrected chi connectivity index (χ0v) is 9.94. The van der Waals surface area contributed by atoms with Gasteiger partial charge in [-0.1, -0.05) is 12.1 Å². The van der Waals surface area contributed by atoms with Crippen molar-refractivity contribution in [1.82, 2.24) is 4.98 Å². The Morgan fingerprint density at radius 2 is 2.18 bits per heavy atom. The highest BCUT2D eigenvalue weighted by atomic mass is 16.4. The number of carboxylic acid groups (broad SMARTS) is 1. The Kier molecular flexibility index (Phi) is 2.53. The van der Waals surface area contributed by atoms with E-state index in [2.05, 4.69) is 10.3 Å². The van der Waals surface area contributed by atoms with Crippen LogP contribution >= 0.6 is 0 Å². The number of para-hydroxylation sites is 1. The summed E-state index contributed by atoms with van der Waals surface area (Å²) in [6, 6.07) is 5.85. The van der Waals surface area contributed by atoms with Crippen LogP contribution in [0.1, 0.15) is 19.4 Å². The summed E-state index contributed by atoms with van der Waals surface area (Å²) >= 11 is 0. The van der Waals surface area contributed by atoms with E-state index < -0.39 is 11.5 Å². The maximum absolute atomic E-state index is 11.0. The third-order valence-corrected chi connectivity index (χ3v) is 2.57. The van der Waals surface area contributed by atoms with E-state index in [1.165, 1.54) is 0 Å². The Morgan fingerprint density at radius 3 is 2.76 bits per heavy atom. The fourth-order valence-corrected chi connectivity index (χ4v) is 1.46. The fourth-order valence-electron chi connectivity index (χ4n) is 1.46. The van der Waals surface area contributed by atoms with Crippen molar-refractivity contribution < 1.29 is 14.3 Å². The maximum Gasteiger partial charge on any atom is 0.328 e. The lowest BCUT2D eigenvalue weighted by Gasteiger charge is -2.19. The van der Waals surface area contributed by atoms with Gasteiger partial charge >= 0.3 is 5.97 Å². The van der Waals surface area contributed by atoms with Crippen molar-refractivity contribution in [1.29, 1.82) is 0 Å². The summed E-state index contributed by atoms with van der Waals surface area (Å²) in [4.78, 5) is 15.2. The van der Waals surface area contributed by atoms with Gasteiger partial charge in [0.25, 0.3) is 6.01 Å². The van der Waals surface area contributed by atoms with Crippen molar-refractivity contribution in [3.8, 4) is 0 Å². The van der Waals surface area contributed by atoms with Gasteiger partial charge in [-0.05, 0) is 32.4 Å². The third-order valence-electron chi connectivity index (χ3n) is 2.57. The first-order valence-electron chi connectivity index (χ1n) is 5.28. The van der Waals surface area contributed by atoms with E-state index >= 15 is 0 Å². The van der Waals surface area contributed by atoms with Crippen LogP contribution in [0.25, 0.3) is 11.1 Å². The van der Waals surface area contributed by atoms with Gasteiger partial charge in [-0.2, -0.15) is 4.98 Å².